The molecular weight excluding hydrogens is 311 g/mol. The molecule has 0 aliphatic heterocycles. The zero-order valence-electron chi connectivity index (χ0n) is 13.9. The van der Waals surface area contributed by atoms with E-state index in [1.807, 2.05) is 11.3 Å². The van der Waals surface area contributed by atoms with Crippen LogP contribution in [0.2, 0.25) is 0 Å². The van der Waals surface area contributed by atoms with E-state index in [4.69, 9.17) is 4.74 Å². The van der Waals surface area contributed by atoms with E-state index in [2.05, 4.69) is 9.97 Å². The Morgan fingerprint density at radius 2 is 2.08 bits per heavy atom. The van der Waals surface area contributed by atoms with Crippen LogP contribution in [0.4, 0.5) is 10.1 Å². The van der Waals surface area contributed by atoms with Crippen LogP contribution in [0.3, 0.4) is 0 Å². The maximum absolute atomic E-state index is 13.5. The van der Waals surface area contributed by atoms with Crippen molar-refractivity contribution in [3.8, 4) is 5.75 Å². The Bertz CT molecular complexity index is 936. The quantitative estimate of drug-likeness (QED) is 0.742. The predicted molar refractivity (Wildman–Crippen MR) is 88.1 cm³/mol. The number of methoxy groups -OCH3 is 1. The Labute approximate surface area is 138 Å². The number of nitrogens with zero attached hydrogens (tertiary/aromatic N) is 4. The van der Waals surface area contributed by atoms with Crippen molar-refractivity contribution in [2.24, 2.45) is 0 Å². The van der Waals surface area contributed by atoms with Gasteiger partial charge >= 0.3 is 0 Å². The van der Waals surface area contributed by atoms with Crippen molar-refractivity contribution in [3.63, 3.8) is 0 Å². The van der Waals surface area contributed by atoms with E-state index >= 15 is 0 Å². The van der Waals surface area contributed by atoms with Gasteiger partial charge in [-0.25, -0.2) is 14.4 Å². The highest BCUT2D eigenvalue weighted by atomic mass is 19.1. The minimum Gasteiger partial charge on any atom is -0.494 e. The van der Waals surface area contributed by atoms with Gasteiger partial charge in [0.2, 0.25) is 0 Å². The van der Waals surface area contributed by atoms with E-state index in [1.54, 1.807) is 26.4 Å². The van der Waals surface area contributed by atoms with Crippen LogP contribution in [-0.4, -0.2) is 34.4 Å². The van der Waals surface area contributed by atoms with Gasteiger partial charge < -0.3 is 14.0 Å². The number of anilines is 1. The Hall–Kier alpha value is -2.96. The number of aromatic nitrogens is 3. The van der Waals surface area contributed by atoms with Gasteiger partial charge in [-0.15, -0.1) is 0 Å². The van der Waals surface area contributed by atoms with Gasteiger partial charge in [0.05, 0.1) is 12.8 Å². The molecule has 7 heteroatoms. The lowest BCUT2D eigenvalue weighted by Crippen LogP contribution is -2.27. The molecule has 3 aromatic rings. The average Bonchev–Trinajstić information content (AvgIpc) is 2.96. The number of halogens is 1. The highest BCUT2D eigenvalue weighted by Crippen LogP contribution is 2.24. The fraction of sp³-hybridized carbons (Fsp3) is 0.235. The van der Waals surface area contributed by atoms with Crippen molar-refractivity contribution in [1.82, 2.24) is 14.4 Å². The fourth-order valence-corrected chi connectivity index (χ4v) is 2.51. The molecule has 0 radical (unpaired) electrons. The molecule has 124 valence electrons. The number of imidazole rings is 1. The normalized spacial score (nSPS) is 10.9. The lowest BCUT2D eigenvalue weighted by Gasteiger charge is -2.18. The second kappa shape index (κ2) is 5.92. The van der Waals surface area contributed by atoms with Crippen molar-refractivity contribution in [1.29, 1.82) is 0 Å². The summed E-state index contributed by atoms with van der Waals surface area (Å²) in [6.07, 6.45) is 3.39. The number of rotatable bonds is 3. The lowest BCUT2D eigenvalue weighted by molar-refractivity contribution is 0.0987. The van der Waals surface area contributed by atoms with Gasteiger partial charge in [0.25, 0.3) is 5.91 Å². The number of aryl methyl sites for hydroxylation is 2. The van der Waals surface area contributed by atoms with E-state index < -0.39 is 5.82 Å². The van der Waals surface area contributed by atoms with Gasteiger partial charge in [-0.3, -0.25) is 4.79 Å². The molecule has 2 aromatic heterocycles. The summed E-state index contributed by atoms with van der Waals surface area (Å²) >= 11 is 0. The highest BCUT2D eigenvalue weighted by Gasteiger charge is 2.19. The van der Waals surface area contributed by atoms with Crippen LogP contribution in [0.25, 0.3) is 5.65 Å². The van der Waals surface area contributed by atoms with E-state index in [9.17, 15) is 9.18 Å². The van der Waals surface area contributed by atoms with Crippen molar-refractivity contribution < 1.29 is 13.9 Å². The number of fused-ring (bicyclic) bond motifs is 1. The summed E-state index contributed by atoms with van der Waals surface area (Å²) < 4.78 is 20.3. The van der Waals surface area contributed by atoms with Crippen LogP contribution < -0.4 is 9.64 Å². The standard InChI is InChI=1S/C17H17FN4O2/c1-10-8-19-16-11(2)20-14(9-22(10)16)17(23)21(3)12-5-6-13(18)15(7-12)24-4/h5-9H,1-4H3. The Balaban J connectivity index is 2.00. The molecule has 0 atom stereocenters. The predicted octanol–water partition coefficient (Wildman–Crippen LogP) is 2.77. The van der Waals surface area contributed by atoms with Crippen molar-refractivity contribution in [3.05, 3.63) is 53.5 Å². The number of carbonyl (C=O) groups excluding carboxylic acids is 1. The third-order valence-corrected chi connectivity index (χ3v) is 3.89. The maximum Gasteiger partial charge on any atom is 0.278 e. The molecule has 24 heavy (non-hydrogen) atoms. The van der Waals surface area contributed by atoms with Gasteiger partial charge in [-0.1, -0.05) is 0 Å². The Kier molecular flexibility index (Phi) is 3.92. The van der Waals surface area contributed by atoms with Gasteiger partial charge in [0, 0.05) is 36.9 Å². The summed E-state index contributed by atoms with van der Waals surface area (Å²) in [5.41, 5.74) is 3.09. The first-order chi connectivity index (χ1) is 11.4. The molecule has 0 saturated heterocycles. The number of amides is 1. The zero-order chi connectivity index (χ0) is 17.4. The molecule has 0 bridgehead atoms. The molecule has 0 aliphatic carbocycles. The molecule has 2 heterocycles. The van der Waals surface area contributed by atoms with Crippen LogP contribution in [0.1, 0.15) is 21.9 Å². The summed E-state index contributed by atoms with van der Waals surface area (Å²) in [7, 11) is 2.99. The second-order valence-corrected chi connectivity index (χ2v) is 5.49. The molecule has 1 aromatic carbocycles. The maximum atomic E-state index is 13.5. The molecule has 0 spiro atoms. The fourth-order valence-electron chi connectivity index (χ4n) is 2.51. The largest absolute Gasteiger partial charge is 0.494 e. The van der Waals surface area contributed by atoms with Crippen molar-refractivity contribution in [2.75, 3.05) is 19.1 Å². The SMILES string of the molecule is COc1cc(N(C)C(=O)c2cn3c(C)cnc3c(C)n2)ccc1F. The van der Waals surface area contributed by atoms with Gasteiger partial charge in [0.15, 0.2) is 17.2 Å². The van der Waals surface area contributed by atoms with Crippen LogP contribution in [-0.2, 0) is 0 Å². The molecule has 6 nitrogen and oxygen atoms in total. The van der Waals surface area contributed by atoms with Gasteiger partial charge in [0.1, 0.15) is 5.69 Å². The summed E-state index contributed by atoms with van der Waals surface area (Å²) in [4.78, 5) is 22.8. The smallest absolute Gasteiger partial charge is 0.278 e. The average molecular weight is 328 g/mol. The van der Waals surface area contributed by atoms with E-state index in [0.717, 1.165) is 11.3 Å². The monoisotopic (exact) mass is 328 g/mol. The molecule has 0 fully saturated rings. The lowest BCUT2D eigenvalue weighted by atomic mass is 10.2. The van der Waals surface area contributed by atoms with Crippen LogP contribution in [0.15, 0.2) is 30.6 Å². The van der Waals surface area contributed by atoms with Crippen LogP contribution >= 0.6 is 0 Å². The minimum atomic E-state index is -0.480. The summed E-state index contributed by atoms with van der Waals surface area (Å²) in [6.45, 7) is 3.71. The van der Waals surface area contributed by atoms with Crippen molar-refractivity contribution in [2.45, 2.75) is 13.8 Å². The first-order valence-electron chi connectivity index (χ1n) is 7.35. The molecule has 0 unspecified atom stereocenters. The summed E-state index contributed by atoms with van der Waals surface area (Å²) in [5.74, 6) is -0.703. The number of hydrogen-bond donors (Lipinski definition) is 0. The molecule has 0 aliphatic rings. The first kappa shape index (κ1) is 15.9. The molecule has 0 saturated carbocycles. The number of benzene rings is 1. The summed E-state index contributed by atoms with van der Waals surface area (Å²) in [6, 6.07) is 4.25. The highest BCUT2D eigenvalue weighted by molar-refractivity contribution is 6.04. The van der Waals surface area contributed by atoms with Gasteiger partial charge in [-0.05, 0) is 26.0 Å². The second-order valence-electron chi connectivity index (χ2n) is 5.49. The number of hydrogen-bond acceptors (Lipinski definition) is 4. The zero-order valence-corrected chi connectivity index (χ0v) is 13.9. The van der Waals surface area contributed by atoms with E-state index in [-0.39, 0.29) is 17.4 Å². The first-order valence-corrected chi connectivity index (χ1v) is 7.35. The van der Waals surface area contributed by atoms with Crippen LogP contribution in [0, 0.1) is 19.7 Å². The Morgan fingerprint density at radius 1 is 1.33 bits per heavy atom. The third-order valence-electron chi connectivity index (χ3n) is 3.89. The molecule has 3 rings (SSSR count). The third kappa shape index (κ3) is 2.58. The molecular formula is C17H17FN4O2. The minimum absolute atomic E-state index is 0.0807. The number of carbonyl (C=O) groups is 1. The van der Waals surface area contributed by atoms with E-state index in [0.29, 0.717) is 11.4 Å². The molecule has 1 amide bonds. The van der Waals surface area contributed by atoms with Gasteiger partial charge in [-0.2, -0.15) is 0 Å². The Morgan fingerprint density at radius 3 is 2.79 bits per heavy atom. The number of ether oxygens (including phenoxy) is 1. The van der Waals surface area contributed by atoms with Crippen molar-refractivity contribution >= 4 is 17.2 Å². The molecule has 0 N–H and O–H groups in total. The van der Waals surface area contributed by atoms with E-state index in [1.165, 1.54) is 30.2 Å². The van der Waals surface area contributed by atoms with Crippen LogP contribution in [0.5, 0.6) is 5.75 Å². The topological polar surface area (TPSA) is 59.7 Å². The summed E-state index contributed by atoms with van der Waals surface area (Å²) in [5, 5.41) is 0.